The van der Waals surface area contributed by atoms with E-state index in [2.05, 4.69) is 27.1 Å². The smallest absolute Gasteiger partial charge is 0.151 e. The van der Waals surface area contributed by atoms with Crippen molar-refractivity contribution < 1.29 is 0 Å². The Hall–Kier alpha value is -0.420. The zero-order chi connectivity index (χ0) is 10.7. The molecule has 0 aliphatic carbocycles. The first-order chi connectivity index (χ1) is 7.27. The quantitative estimate of drug-likeness (QED) is 0.874. The van der Waals surface area contributed by atoms with Crippen molar-refractivity contribution >= 4 is 24.0 Å². The second kappa shape index (κ2) is 6.35. The molecule has 1 aliphatic rings. The Morgan fingerprint density at radius 2 is 2.25 bits per heavy atom. The molecule has 0 radical (unpaired) electrons. The standard InChI is InChI=1S/C10H15ClN4.ClH/c1-8-6-12-4-5-15(8)7-9-10(11)14-3-2-13-9;/h2-3,8,12H,4-7H2,1H3;1H. The molecular formula is C10H16Cl2N4. The van der Waals surface area contributed by atoms with Crippen molar-refractivity contribution in [2.75, 3.05) is 19.6 Å². The van der Waals surface area contributed by atoms with Gasteiger partial charge in [-0.25, -0.2) is 4.98 Å². The maximum absolute atomic E-state index is 5.98. The van der Waals surface area contributed by atoms with Crippen LogP contribution in [-0.4, -0.2) is 40.5 Å². The lowest BCUT2D eigenvalue weighted by Gasteiger charge is -2.33. The fraction of sp³-hybridized carbons (Fsp3) is 0.600. The number of hydrogen-bond donors (Lipinski definition) is 1. The fourth-order valence-electron chi connectivity index (χ4n) is 1.77. The first-order valence-electron chi connectivity index (χ1n) is 5.17. The summed E-state index contributed by atoms with van der Waals surface area (Å²) in [7, 11) is 0. The Bertz CT molecular complexity index is 334. The minimum atomic E-state index is 0. The van der Waals surface area contributed by atoms with E-state index in [1.807, 2.05) is 0 Å². The predicted octanol–water partition coefficient (Wildman–Crippen LogP) is 1.35. The molecule has 1 N–H and O–H groups in total. The predicted molar refractivity (Wildman–Crippen MR) is 67.0 cm³/mol. The summed E-state index contributed by atoms with van der Waals surface area (Å²) in [6.07, 6.45) is 3.31. The van der Waals surface area contributed by atoms with Gasteiger partial charge in [-0.3, -0.25) is 9.88 Å². The topological polar surface area (TPSA) is 41.0 Å². The van der Waals surface area contributed by atoms with Gasteiger partial charge in [-0.05, 0) is 6.92 Å². The van der Waals surface area contributed by atoms with E-state index in [0.29, 0.717) is 11.2 Å². The number of piperazine rings is 1. The monoisotopic (exact) mass is 262 g/mol. The number of halogens is 2. The molecule has 0 aromatic carbocycles. The molecule has 90 valence electrons. The van der Waals surface area contributed by atoms with Crippen LogP contribution in [0.2, 0.25) is 5.15 Å². The van der Waals surface area contributed by atoms with E-state index in [0.717, 1.165) is 31.9 Å². The molecule has 1 unspecified atom stereocenters. The van der Waals surface area contributed by atoms with Gasteiger partial charge in [0.2, 0.25) is 0 Å². The van der Waals surface area contributed by atoms with Crippen molar-refractivity contribution in [1.29, 1.82) is 0 Å². The summed E-state index contributed by atoms with van der Waals surface area (Å²) < 4.78 is 0. The SMILES string of the molecule is CC1CNCCN1Cc1nccnc1Cl.Cl. The fourth-order valence-corrected chi connectivity index (χ4v) is 1.93. The molecule has 16 heavy (non-hydrogen) atoms. The molecule has 1 aromatic heterocycles. The zero-order valence-corrected chi connectivity index (χ0v) is 10.8. The molecular weight excluding hydrogens is 247 g/mol. The molecule has 0 spiro atoms. The van der Waals surface area contributed by atoms with E-state index in [1.165, 1.54) is 0 Å². The third-order valence-electron chi connectivity index (χ3n) is 2.71. The lowest BCUT2D eigenvalue weighted by Crippen LogP contribution is -2.49. The van der Waals surface area contributed by atoms with Gasteiger partial charge in [0.1, 0.15) is 0 Å². The van der Waals surface area contributed by atoms with Crippen molar-refractivity contribution in [2.45, 2.75) is 19.5 Å². The lowest BCUT2D eigenvalue weighted by molar-refractivity contribution is 0.163. The third-order valence-corrected chi connectivity index (χ3v) is 3.03. The summed E-state index contributed by atoms with van der Waals surface area (Å²) in [6, 6.07) is 0.525. The maximum Gasteiger partial charge on any atom is 0.151 e. The Labute approximate surface area is 107 Å². The minimum Gasteiger partial charge on any atom is -0.314 e. The normalized spacial score (nSPS) is 21.5. The highest BCUT2D eigenvalue weighted by atomic mass is 35.5. The van der Waals surface area contributed by atoms with Crippen LogP contribution in [0.5, 0.6) is 0 Å². The number of rotatable bonds is 2. The van der Waals surface area contributed by atoms with Crippen LogP contribution in [0.25, 0.3) is 0 Å². The molecule has 1 fully saturated rings. The first-order valence-corrected chi connectivity index (χ1v) is 5.55. The Balaban J connectivity index is 0.00000128. The molecule has 4 nitrogen and oxygen atoms in total. The molecule has 0 amide bonds. The third kappa shape index (κ3) is 3.28. The van der Waals surface area contributed by atoms with Crippen molar-refractivity contribution in [1.82, 2.24) is 20.2 Å². The van der Waals surface area contributed by atoms with Crippen LogP contribution in [-0.2, 0) is 6.54 Å². The average molecular weight is 263 g/mol. The van der Waals surface area contributed by atoms with Crippen LogP contribution in [0, 0.1) is 0 Å². The summed E-state index contributed by atoms with van der Waals surface area (Å²) in [6.45, 7) is 6.08. The summed E-state index contributed by atoms with van der Waals surface area (Å²) in [4.78, 5) is 10.6. The van der Waals surface area contributed by atoms with Gasteiger partial charge < -0.3 is 5.32 Å². The van der Waals surface area contributed by atoms with Gasteiger partial charge in [-0.1, -0.05) is 11.6 Å². The molecule has 1 aliphatic heterocycles. The van der Waals surface area contributed by atoms with Gasteiger partial charge in [0.25, 0.3) is 0 Å². The van der Waals surface area contributed by atoms with E-state index in [4.69, 9.17) is 11.6 Å². The van der Waals surface area contributed by atoms with Gasteiger partial charge in [0, 0.05) is 44.6 Å². The van der Waals surface area contributed by atoms with Crippen LogP contribution in [0.1, 0.15) is 12.6 Å². The van der Waals surface area contributed by atoms with Crippen molar-refractivity contribution in [2.24, 2.45) is 0 Å². The number of hydrogen-bond acceptors (Lipinski definition) is 4. The summed E-state index contributed by atoms with van der Waals surface area (Å²) >= 11 is 5.98. The summed E-state index contributed by atoms with van der Waals surface area (Å²) in [5, 5.41) is 3.87. The van der Waals surface area contributed by atoms with E-state index in [1.54, 1.807) is 12.4 Å². The number of nitrogens with zero attached hydrogens (tertiary/aromatic N) is 3. The molecule has 1 aromatic rings. The van der Waals surface area contributed by atoms with E-state index in [-0.39, 0.29) is 12.4 Å². The number of nitrogens with one attached hydrogen (secondary N) is 1. The van der Waals surface area contributed by atoms with Crippen LogP contribution < -0.4 is 5.32 Å². The Morgan fingerprint density at radius 1 is 1.50 bits per heavy atom. The van der Waals surface area contributed by atoms with E-state index >= 15 is 0 Å². The molecule has 6 heteroatoms. The van der Waals surface area contributed by atoms with Crippen molar-refractivity contribution in [3.8, 4) is 0 Å². The van der Waals surface area contributed by atoms with Crippen molar-refractivity contribution in [3.63, 3.8) is 0 Å². The Morgan fingerprint density at radius 3 is 2.94 bits per heavy atom. The van der Waals surface area contributed by atoms with Crippen LogP contribution in [0.3, 0.4) is 0 Å². The molecule has 1 atom stereocenters. The maximum atomic E-state index is 5.98. The van der Waals surface area contributed by atoms with Gasteiger partial charge in [0.15, 0.2) is 5.15 Å². The summed E-state index contributed by atoms with van der Waals surface area (Å²) in [5.74, 6) is 0. The first kappa shape index (κ1) is 13.6. The van der Waals surface area contributed by atoms with Gasteiger partial charge in [-0.2, -0.15) is 0 Å². The highest BCUT2D eigenvalue weighted by molar-refractivity contribution is 6.29. The van der Waals surface area contributed by atoms with Crippen molar-refractivity contribution in [3.05, 3.63) is 23.2 Å². The van der Waals surface area contributed by atoms with E-state index < -0.39 is 0 Å². The van der Waals surface area contributed by atoms with Gasteiger partial charge in [0.05, 0.1) is 5.69 Å². The molecule has 2 heterocycles. The minimum absolute atomic E-state index is 0. The van der Waals surface area contributed by atoms with Gasteiger partial charge >= 0.3 is 0 Å². The number of aromatic nitrogens is 2. The summed E-state index contributed by atoms with van der Waals surface area (Å²) in [5.41, 5.74) is 0.868. The van der Waals surface area contributed by atoms with Crippen LogP contribution in [0.15, 0.2) is 12.4 Å². The molecule has 1 saturated heterocycles. The second-order valence-corrected chi connectivity index (χ2v) is 4.18. The highest BCUT2D eigenvalue weighted by Gasteiger charge is 2.19. The Kier molecular flexibility index (Phi) is 5.41. The zero-order valence-electron chi connectivity index (χ0n) is 9.19. The van der Waals surface area contributed by atoms with Crippen LogP contribution >= 0.6 is 24.0 Å². The van der Waals surface area contributed by atoms with E-state index in [9.17, 15) is 0 Å². The highest BCUT2D eigenvalue weighted by Crippen LogP contribution is 2.13. The van der Waals surface area contributed by atoms with Crippen LogP contribution in [0.4, 0.5) is 0 Å². The second-order valence-electron chi connectivity index (χ2n) is 3.82. The largest absolute Gasteiger partial charge is 0.314 e. The lowest BCUT2D eigenvalue weighted by atomic mass is 10.2. The molecule has 0 saturated carbocycles. The molecule has 0 bridgehead atoms. The van der Waals surface area contributed by atoms with Gasteiger partial charge in [-0.15, -0.1) is 12.4 Å². The average Bonchev–Trinajstić information content (AvgIpc) is 2.24. The molecule has 2 rings (SSSR count).